The van der Waals surface area contributed by atoms with Gasteiger partial charge < -0.3 is 20.4 Å². The monoisotopic (exact) mass is 574 g/mol. The minimum absolute atomic E-state index is 0.00160. The summed E-state index contributed by atoms with van der Waals surface area (Å²) in [6.07, 6.45) is 4.30. The van der Waals surface area contributed by atoms with Crippen molar-refractivity contribution in [1.82, 2.24) is 29.6 Å². The largest absolute Gasteiger partial charge is 0.340 e. The van der Waals surface area contributed by atoms with Crippen LogP contribution in [0.15, 0.2) is 40.6 Å². The molecule has 1 aromatic heterocycles. The predicted molar refractivity (Wildman–Crippen MR) is 172 cm³/mol. The lowest BCUT2D eigenvalue weighted by Crippen LogP contribution is -2.57. The number of hydrogen-bond acceptors (Lipinski definition) is 6. The fourth-order valence-electron chi connectivity index (χ4n) is 7.89. The molecule has 7 rings (SSSR count). The van der Waals surface area contributed by atoms with Gasteiger partial charge in [-0.15, -0.1) is 6.58 Å². The number of aliphatic imine (C=N–C) groups is 1. The molecule has 9 heteroatoms. The Balaban J connectivity index is 1.31. The van der Waals surface area contributed by atoms with Crippen LogP contribution in [0.5, 0.6) is 0 Å². The van der Waals surface area contributed by atoms with E-state index in [-0.39, 0.29) is 5.56 Å². The van der Waals surface area contributed by atoms with Crippen LogP contribution in [0.1, 0.15) is 46.4 Å². The van der Waals surface area contributed by atoms with E-state index >= 15 is 0 Å². The molecule has 1 aromatic carbocycles. The second-order valence-corrected chi connectivity index (χ2v) is 13.9. The fourth-order valence-corrected chi connectivity index (χ4v) is 7.89. The van der Waals surface area contributed by atoms with Gasteiger partial charge in [-0.2, -0.15) is 0 Å². The Kier molecular flexibility index (Phi) is 8.19. The number of piperazine rings is 2. The van der Waals surface area contributed by atoms with Crippen molar-refractivity contribution in [3.8, 4) is 0 Å². The van der Waals surface area contributed by atoms with Gasteiger partial charge in [-0.3, -0.25) is 14.3 Å². The molecule has 0 amide bonds. The predicted octanol–water partition coefficient (Wildman–Crippen LogP) is 3.46. The highest BCUT2D eigenvalue weighted by Gasteiger charge is 2.56. The summed E-state index contributed by atoms with van der Waals surface area (Å²) in [5.41, 5.74) is 2.10. The smallest absolute Gasteiger partial charge is 0.261 e. The SMILES string of the molecule is C=CCn1c(CN2CCN(C)CC2)nc2cc(NC(=N[C@H]3C[C@H]4C[C@@H]([C@@H]3C)C4(C)C)N3CCN[C@@H](C)C3)ccc2c1=O. The Morgan fingerprint density at radius 3 is 2.67 bits per heavy atom. The van der Waals surface area contributed by atoms with Crippen LogP contribution in [-0.2, 0) is 13.1 Å². The number of likely N-dealkylation sites (N-methyl/N-ethyl adjacent to an activating group) is 1. The molecule has 5 atom stereocenters. The van der Waals surface area contributed by atoms with E-state index in [0.717, 1.165) is 87.1 Å². The second-order valence-electron chi connectivity index (χ2n) is 13.9. The normalized spacial score (nSPS) is 30.3. The zero-order valence-electron chi connectivity index (χ0n) is 26.3. The summed E-state index contributed by atoms with van der Waals surface area (Å²) in [6, 6.07) is 6.70. The van der Waals surface area contributed by atoms with E-state index in [1.54, 1.807) is 10.6 Å². The van der Waals surface area contributed by atoms with Crippen molar-refractivity contribution >= 4 is 22.5 Å². The van der Waals surface area contributed by atoms with Gasteiger partial charge in [0.25, 0.3) is 5.56 Å². The number of guanidine groups is 1. The third kappa shape index (κ3) is 5.63. The third-order valence-corrected chi connectivity index (χ3v) is 10.8. The number of benzene rings is 1. The van der Waals surface area contributed by atoms with Gasteiger partial charge in [0.1, 0.15) is 5.82 Å². The van der Waals surface area contributed by atoms with Crippen LogP contribution < -0.4 is 16.2 Å². The molecule has 2 bridgehead atoms. The molecular formula is C33H50N8O. The van der Waals surface area contributed by atoms with Crippen LogP contribution in [0.25, 0.3) is 10.9 Å². The summed E-state index contributed by atoms with van der Waals surface area (Å²) < 4.78 is 1.78. The Labute approximate surface area is 251 Å². The van der Waals surface area contributed by atoms with Crippen LogP contribution in [0.4, 0.5) is 5.69 Å². The Hall–Kier alpha value is -2.75. The van der Waals surface area contributed by atoms with Crippen molar-refractivity contribution in [2.75, 3.05) is 58.2 Å². The average molecular weight is 575 g/mol. The number of fused-ring (bicyclic) bond motifs is 3. The Bertz CT molecular complexity index is 1390. The highest BCUT2D eigenvalue weighted by Crippen LogP contribution is 2.61. The van der Waals surface area contributed by atoms with Crippen molar-refractivity contribution in [3.05, 3.63) is 47.0 Å². The van der Waals surface area contributed by atoms with Crippen molar-refractivity contribution in [3.63, 3.8) is 0 Å². The molecule has 0 radical (unpaired) electrons. The van der Waals surface area contributed by atoms with Crippen LogP contribution in [-0.4, -0.2) is 95.2 Å². The van der Waals surface area contributed by atoms with Crippen LogP contribution in [0.3, 0.4) is 0 Å². The second kappa shape index (κ2) is 11.7. The van der Waals surface area contributed by atoms with Crippen LogP contribution in [0, 0.1) is 23.2 Å². The van der Waals surface area contributed by atoms with E-state index in [2.05, 4.69) is 66.7 Å². The maximum absolute atomic E-state index is 13.6. The molecule has 0 unspecified atom stereocenters. The van der Waals surface area contributed by atoms with Crippen molar-refractivity contribution in [2.45, 2.75) is 65.7 Å². The molecule has 3 heterocycles. The molecule has 5 fully saturated rings. The summed E-state index contributed by atoms with van der Waals surface area (Å²) in [4.78, 5) is 31.3. The number of anilines is 1. The van der Waals surface area contributed by atoms with Crippen LogP contribution >= 0.6 is 0 Å². The number of nitrogens with zero attached hydrogens (tertiary/aromatic N) is 6. The lowest BCUT2D eigenvalue weighted by Gasteiger charge is -2.61. The summed E-state index contributed by atoms with van der Waals surface area (Å²) in [7, 11) is 2.16. The van der Waals surface area contributed by atoms with Crippen molar-refractivity contribution in [1.29, 1.82) is 0 Å². The molecule has 3 aliphatic carbocycles. The molecular weight excluding hydrogens is 524 g/mol. The first-order valence-corrected chi connectivity index (χ1v) is 16.0. The molecule has 2 saturated heterocycles. The van der Waals surface area contributed by atoms with E-state index in [0.29, 0.717) is 41.9 Å². The van der Waals surface area contributed by atoms with E-state index < -0.39 is 0 Å². The zero-order valence-corrected chi connectivity index (χ0v) is 26.3. The van der Waals surface area contributed by atoms with E-state index in [1.807, 2.05) is 18.2 Å². The van der Waals surface area contributed by atoms with Crippen LogP contribution in [0.2, 0.25) is 0 Å². The molecule has 3 saturated carbocycles. The van der Waals surface area contributed by atoms with Crippen molar-refractivity contribution < 1.29 is 0 Å². The van der Waals surface area contributed by atoms with E-state index in [4.69, 9.17) is 9.98 Å². The highest BCUT2D eigenvalue weighted by molar-refractivity contribution is 5.96. The maximum atomic E-state index is 13.6. The summed E-state index contributed by atoms with van der Waals surface area (Å²) in [5, 5.41) is 7.92. The standard InChI is InChI=1S/C33H50N8O/c1-7-11-41-30(21-39-15-13-38(6)14-16-39)36-29-19-25(8-9-26(29)31(41)42)35-32(40-12-10-34-22(2)20-40)37-28-18-24-17-27(23(28)3)33(24,4)5/h7-9,19,22-24,27-28,34H,1,10-18,20-21H2,2-6H3,(H,35,37)/t22-,23-,24+,27-,28-/m0/s1. The van der Waals surface area contributed by atoms with E-state index in [1.165, 1.54) is 6.42 Å². The first-order valence-electron chi connectivity index (χ1n) is 16.0. The minimum Gasteiger partial charge on any atom is -0.340 e. The van der Waals surface area contributed by atoms with Gasteiger partial charge in [0.05, 0.1) is 23.5 Å². The number of rotatable bonds is 6. The summed E-state index contributed by atoms with van der Waals surface area (Å²) >= 11 is 0. The third-order valence-electron chi connectivity index (χ3n) is 10.8. The first-order chi connectivity index (χ1) is 20.1. The van der Waals surface area contributed by atoms with E-state index in [9.17, 15) is 4.79 Å². The van der Waals surface area contributed by atoms with Gasteiger partial charge in [-0.25, -0.2) is 9.98 Å². The number of allylic oxidation sites excluding steroid dienone is 1. The molecule has 2 aromatic rings. The Morgan fingerprint density at radius 2 is 1.98 bits per heavy atom. The lowest BCUT2D eigenvalue weighted by atomic mass is 9.45. The quantitative estimate of drug-likeness (QED) is 0.311. The van der Waals surface area contributed by atoms with Crippen molar-refractivity contribution in [2.24, 2.45) is 28.2 Å². The number of aromatic nitrogens is 2. The Morgan fingerprint density at radius 1 is 1.19 bits per heavy atom. The first kappa shape index (κ1) is 29.3. The molecule has 0 spiro atoms. The molecule has 228 valence electrons. The topological polar surface area (TPSA) is 81.0 Å². The van der Waals surface area contributed by atoms with Gasteiger partial charge in [0, 0.05) is 64.1 Å². The fraction of sp³-hybridized carbons (Fsp3) is 0.667. The maximum Gasteiger partial charge on any atom is 0.261 e. The average Bonchev–Trinajstić information content (AvgIpc) is 2.96. The minimum atomic E-state index is -0.00160. The van der Waals surface area contributed by atoms with Gasteiger partial charge >= 0.3 is 0 Å². The molecule has 9 nitrogen and oxygen atoms in total. The zero-order chi connectivity index (χ0) is 29.6. The van der Waals surface area contributed by atoms with Gasteiger partial charge in [0.2, 0.25) is 0 Å². The van der Waals surface area contributed by atoms with Gasteiger partial charge in [-0.1, -0.05) is 26.8 Å². The molecule has 2 aliphatic heterocycles. The lowest BCUT2D eigenvalue weighted by molar-refractivity contribution is -0.108. The highest BCUT2D eigenvalue weighted by atomic mass is 16.1. The summed E-state index contributed by atoms with van der Waals surface area (Å²) in [5.74, 6) is 3.83. The molecule has 2 N–H and O–H groups in total. The number of nitrogens with one attached hydrogen (secondary N) is 2. The van der Waals surface area contributed by atoms with Gasteiger partial charge in [-0.05, 0) is 68.2 Å². The molecule has 42 heavy (non-hydrogen) atoms. The summed E-state index contributed by atoms with van der Waals surface area (Å²) in [6.45, 7) is 21.3. The van der Waals surface area contributed by atoms with Gasteiger partial charge in [0.15, 0.2) is 5.96 Å². The number of hydrogen-bond donors (Lipinski definition) is 2. The molecule has 5 aliphatic rings.